The lowest BCUT2D eigenvalue weighted by atomic mass is 10.0. The molecule has 0 bridgehead atoms. The molecule has 1 aliphatic rings. The molecule has 0 aliphatic carbocycles. The minimum atomic E-state index is -0.378. The van der Waals surface area contributed by atoms with Gasteiger partial charge >= 0.3 is 0 Å². The van der Waals surface area contributed by atoms with Gasteiger partial charge in [0.1, 0.15) is 6.04 Å². The van der Waals surface area contributed by atoms with Gasteiger partial charge in [0, 0.05) is 19.5 Å². The number of aryl methyl sites for hydroxylation is 1. The second-order valence-corrected chi connectivity index (χ2v) is 5.95. The van der Waals surface area contributed by atoms with Gasteiger partial charge in [-0.1, -0.05) is 44.2 Å². The van der Waals surface area contributed by atoms with Crippen LogP contribution in [0.25, 0.3) is 0 Å². The predicted octanol–water partition coefficient (Wildman–Crippen LogP) is 1.99. The average molecular weight is 288 g/mol. The molecule has 0 spiro atoms. The lowest BCUT2D eigenvalue weighted by Gasteiger charge is -2.26. The van der Waals surface area contributed by atoms with Gasteiger partial charge in [-0.2, -0.15) is 0 Å². The summed E-state index contributed by atoms with van der Waals surface area (Å²) in [5.41, 5.74) is 1.29. The van der Waals surface area contributed by atoms with Crippen molar-refractivity contribution in [3.05, 3.63) is 35.9 Å². The number of hydrogen-bond acceptors (Lipinski definition) is 2. The molecule has 2 rings (SSSR count). The molecule has 4 nitrogen and oxygen atoms in total. The molecule has 1 saturated heterocycles. The summed E-state index contributed by atoms with van der Waals surface area (Å²) in [6.07, 6.45) is 2.29. The second kappa shape index (κ2) is 7.25. The van der Waals surface area contributed by atoms with Crippen molar-refractivity contribution >= 4 is 11.8 Å². The van der Waals surface area contributed by atoms with Gasteiger partial charge in [0.15, 0.2) is 0 Å². The summed E-state index contributed by atoms with van der Waals surface area (Å²) in [5.74, 6) is 0.160. The number of nitrogens with zero attached hydrogens (tertiary/aromatic N) is 1. The highest BCUT2D eigenvalue weighted by Crippen LogP contribution is 2.12. The van der Waals surface area contributed by atoms with E-state index in [1.165, 1.54) is 5.56 Å². The van der Waals surface area contributed by atoms with E-state index in [0.717, 1.165) is 12.8 Å². The van der Waals surface area contributed by atoms with E-state index in [1.54, 1.807) is 0 Å². The summed E-state index contributed by atoms with van der Waals surface area (Å²) in [7, 11) is 0. The molecule has 114 valence electrons. The van der Waals surface area contributed by atoms with Crippen LogP contribution in [-0.2, 0) is 16.0 Å². The molecule has 1 fully saturated rings. The first kappa shape index (κ1) is 15.5. The minimum absolute atomic E-state index is 0.0207. The van der Waals surface area contributed by atoms with Crippen molar-refractivity contribution in [1.82, 2.24) is 10.2 Å². The first-order valence-electron chi connectivity index (χ1n) is 7.70. The molecule has 1 aromatic rings. The Kier molecular flexibility index (Phi) is 5.37. The topological polar surface area (TPSA) is 49.4 Å². The highest BCUT2D eigenvalue weighted by atomic mass is 16.2. The van der Waals surface area contributed by atoms with Gasteiger partial charge in [-0.25, -0.2) is 0 Å². The normalized spacial score (nSPS) is 19.6. The van der Waals surface area contributed by atoms with Crippen molar-refractivity contribution in [1.29, 1.82) is 0 Å². The molecule has 1 N–H and O–H groups in total. The fraction of sp³-hybridized carbons (Fsp3) is 0.529. The zero-order valence-electron chi connectivity index (χ0n) is 12.8. The molecule has 0 saturated carbocycles. The molecule has 1 atom stereocenters. The van der Waals surface area contributed by atoms with Gasteiger partial charge in [-0.15, -0.1) is 0 Å². The third kappa shape index (κ3) is 4.31. The van der Waals surface area contributed by atoms with E-state index in [1.807, 2.05) is 36.9 Å². The summed E-state index contributed by atoms with van der Waals surface area (Å²) < 4.78 is 0. The monoisotopic (exact) mass is 288 g/mol. The minimum Gasteiger partial charge on any atom is -0.344 e. The quantitative estimate of drug-likeness (QED) is 0.901. The van der Waals surface area contributed by atoms with Gasteiger partial charge in [-0.3, -0.25) is 9.59 Å². The highest BCUT2D eigenvalue weighted by Gasteiger charge is 2.31. The van der Waals surface area contributed by atoms with Crippen LogP contribution in [-0.4, -0.2) is 35.8 Å². The summed E-state index contributed by atoms with van der Waals surface area (Å²) in [4.78, 5) is 26.0. The van der Waals surface area contributed by atoms with Crippen LogP contribution in [0.5, 0.6) is 0 Å². The van der Waals surface area contributed by atoms with Crippen LogP contribution >= 0.6 is 0 Å². The van der Waals surface area contributed by atoms with E-state index in [2.05, 4.69) is 17.4 Å². The Labute approximate surface area is 126 Å². The standard InChI is InChI=1S/C17H24N2O2/c1-13(2)16-17(21)19(12-10-15(20)18-16)11-6-9-14-7-4-3-5-8-14/h3-5,7-8,13,16H,6,9-12H2,1-2H3,(H,18,20). The average Bonchev–Trinajstić information content (AvgIpc) is 2.61. The predicted molar refractivity (Wildman–Crippen MR) is 82.7 cm³/mol. The lowest BCUT2D eigenvalue weighted by Crippen LogP contribution is -2.47. The van der Waals surface area contributed by atoms with Gasteiger partial charge in [0.25, 0.3) is 0 Å². The molecule has 0 aromatic heterocycles. The summed E-state index contributed by atoms with van der Waals surface area (Å²) in [6.45, 7) is 5.18. The molecule has 4 heteroatoms. The molecule has 1 aromatic carbocycles. The van der Waals surface area contributed by atoms with Crippen LogP contribution in [0.3, 0.4) is 0 Å². The maximum atomic E-state index is 12.5. The Morgan fingerprint density at radius 2 is 1.95 bits per heavy atom. The molecule has 1 unspecified atom stereocenters. The number of benzene rings is 1. The Bertz CT molecular complexity index is 485. The van der Waals surface area contributed by atoms with E-state index in [4.69, 9.17) is 0 Å². The lowest BCUT2D eigenvalue weighted by molar-refractivity contribution is -0.134. The molecular weight excluding hydrogens is 264 g/mol. The van der Waals surface area contributed by atoms with Crippen LogP contribution in [0.4, 0.5) is 0 Å². The van der Waals surface area contributed by atoms with Crippen molar-refractivity contribution < 1.29 is 9.59 Å². The molecular formula is C17H24N2O2. The molecule has 1 heterocycles. The van der Waals surface area contributed by atoms with Crippen LogP contribution < -0.4 is 5.32 Å². The van der Waals surface area contributed by atoms with E-state index >= 15 is 0 Å². The summed E-state index contributed by atoms with van der Waals surface area (Å²) in [6, 6.07) is 9.90. The van der Waals surface area contributed by atoms with Crippen LogP contribution in [0, 0.1) is 5.92 Å². The van der Waals surface area contributed by atoms with Crippen molar-refractivity contribution in [2.45, 2.75) is 39.2 Å². The van der Waals surface area contributed by atoms with Crippen molar-refractivity contribution in [2.24, 2.45) is 5.92 Å². The number of hydrogen-bond donors (Lipinski definition) is 1. The van der Waals surface area contributed by atoms with Crippen molar-refractivity contribution in [3.63, 3.8) is 0 Å². The molecule has 1 aliphatic heterocycles. The number of carbonyl (C=O) groups excluding carboxylic acids is 2. The van der Waals surface area contributed by atoms with Gasteiger partial charge in [-0.05, 0) is 24.3 Å². The third-order valence-electron chi connectivity index (χ3n) is 3.91. The van der Waals surface area contributed by atoms with Crippen LogP contribution in [0.15, 0.2) is 30.3 Å². The highest BCUT2D eigenvalue weighted by molar-refractivity contribution is 5.90. The number of amides is 2. The largest absolute Gasteiger partial charge is 0.344 e. The van der Waals surface area contributed by atoms with Crippen LogP contribution in [0.1, 0.15) is 32.3 Å². The zero-order chi connectivity index (χ0) is 15.2. The maximum absolute atomic E-state index is 12.5. The molecule has 2 amide bonds. The van der Waals surface area contributed by atoms with Gasteiger partial charge < -0.3 is 10.2 Å². The molecule has 21 heavy (non-hydrogen) atoms. The number of nitrogens with one attached hydrogen (secondary N) is 1. The fourth-order valence-corrected chi connectivity index (χ4v) is 2.64. The van der Waals surface area contributed by atoms with Gasteiger partial charge in [0.2, 0.25) is 11.8 Å². The Morgan fingerprint density at radius 3 is 2.62 bits per heavy atom. The first-order chi connectivity index (χ1) is 10.1. The smallest absolute Gasteiger partial charge is 0.245 e. The van der Waals surface area contributed by atoms with E-state index in [-0.39, 0.29) is 23.8 Å². The van der Waals surface area contributed by atoms with Crippen LogP contribution in [0.2, 0.25) is 0 Å². The van der Waals surface area contributed by atoms with Gasteiger partial charge in [0.05, 0.1) is 0 Å². The molecule has 0 radical (unpaired) electrons. The summed E-state index contributed by atoms with van der Waals surface area (Å²) >= 11 is 0. The Morgan fingerprint density at radius 1 is 1.24 bits per heavy atom. The summed E-state index contributed by atoms with van der Waals surface area (Å²) in [5, 5.41) is 2.84. The van der Waals surface area contributed by atoms with E-state index < -0.39 is 0 Å². The first-order valence-corrected chi connectivity index (χ1v) is 7.70. The maximum Gasteiger partial charge on any atom is 0.245 e. The second-order valence-electron chi connectivity index (χ2n) is 5.95. The van der Waals surface area contributed by atoms with E-state index in [0.29, 0.717) is 19.5 Å². The Balaban J connectivity index is 1.91. The van der Waals surface area contributed by atoms with Crippen molar-refractivity contribution in [2.75, 3.05) is 13.1 Å². The number of rotatable bonds is 5. The zero-order valence-corrected chi connectivity index (χ0v) is 12.8. The Hall–Kier alpha value is -1.84. The van der Waals surface area contributed by atoms with Crippen molar-refractivity contribution in [3.8, 4) is 0 Å². The fourth-order valence-electron chi connectivity index (χ4n) is 2.64. The third-order valence-corrected chi connectivity index (χ3v) is 3.91. The van der Waals surface area contributed by atoms with E-state index in [9.17, 15) is 9.59 Å². The number of carbonyl (C=O) groups is 2. The SMILES string of the molecule is CC(C)C1NC(=O)CCN(CCCc2ccccc2)C1=O.